The van der Waals surface area contributed by atoms with Gasteiger partial charge in [-0.2, -0.15) is 0 Å². The summed E-state index contributed by atoms with van der Waals surface area (Å²) in [6.45, 7) is 3.89. The van der Waals surface area contributed by atoms with E-state index in [1.165, 1.54) is 0 Å². The molecule has 1 atom stereocenters. The van der Waals surface area contributed by atoms with Crippen LogP contribution in [0.4, 0.5) is 0 Å². The third-order valence-electron chi connectivity index (χ3n) is 4.87. The minimum Gasteiger partial charge on any atom is -0.353 e. The van der Waals surface area contributed by atoms with Crippen molar-refractivity contribution in [2.75, 3.05) is 0 Å². The molecular weight excluding hydrogens is 366 g/mol. The Kier molecular flexibility index (Phi) is 4.95. The molecule has 0 saturated heterocycles. The average molecular weight is 387 g/mol. The molecule has 0 aliphatic heterocycles. The normalized spacial score (nSPS) is 12.1. The highest BCUT2D eigenvalue weighted by atomic mass is 16.2. The lowest BCUT2D eigenvalue weighted by Gasteiger charge is -2.14. The van der Waals surface area contributed by atoms with E-state index in [1.54, 1.807) is 25.4 Å². The number of hydrogen-bond donors (Lipinski definition) is 3. The molecule has 0 fully saturated rings. The van der Waals surface area contributed by atoms with Gasteiger partial charge in [-0.05, 0) is 43.7 Å². The number of pyridine rings is 2. The molecule has 2 amide bonds. The average Bonchev–Trinajstić information content (AvgIpc) is 3.12. The Morgan fingerprint density at radius 1 is 1.10 bits per heavy atom. The molecule has 146 valence electrons. The zero-order valence-electron chi connectivity index (χ0n) is 16.2. The quantitative estimate of drug-likeness (QED) is 0.490. The largest absolute Gasteiger partial charge is 0.353 e. The first-order chi connectivity index (χ1) is 14.0. The Bertz CT molecular complexity index is 1200. The summed E-state index contributed by atoms with van der Waals surface area (Å²) >= 11 is 0. The second kappa shape index (κ2) is 7.71. The van der Waals surface area contributed by atoms with E-state index in [0.717, 1.165) is 33.1 Å². The van der Waals surface area contributed by atoms with Crippen LogP contribution in [0.2, 0.25) is 0 Å². The monoisotopic (exact) mass is 387 g/mol. The van der Waals surface area contributed by atoms with Gasteiger partial charge in [0.1, 0.15) is 11.7 Å². The van der Waals surface area contributed by atoms with E-state index in [1.807, 2.05) is 43.3 Å². The third-order valence-corrected chi connectivity index (χ3v) is 4.87. The highest BCUT2D eigenvalue weighted by Gasteiger charge is 2.19. The molecule has 7 heteroatoms. The number of hydrogen-bond acceptors (Lipinski definition) is 4. The van der Waals surface area contributed by atoms with E-state index >= 15 is 0 Å². The van der Waals surface area contributed by atoms with E-state index in [-0.39, 0.29) is 17.5 Å². The van der Waals surface area contributed by atoms with Crippen molar-refractivity contribution in [3.8, 4) is 0 Å². The lowest BCUT2D eigenvalue weighted by atomic mass is 10.1. The number of fused-ring (bicyclic) bond motifs is 3. The van der Waals surface area contributed by atoms with Crippen LogP contribution < -0.4 is 10.6 Å². The van der Waals surface area contributed by atoms with Crippen LogP contribution in [0.25, 0.3) is 21.8 Å². The number of nitrogens with one attached hydrogen (secondary N) is 3. The molecule has 4 aromatic rings. The summed E-state index contributed by atoms with van der Waals surface area (Å²) in [7, 11) is 0. The van der Waals surface area contributed by atoms with Crippen LogP contribution in [0.5, 0.6) is 0 Å². The van der Waals surface area contributed by atoms with Crippen molar-refractivity contribution in [3.63, 3.8) is 0 Å². The predicted octanol–water partition coefficient (Wildman–Crippen LogP) is 2.85. The number of carbonyl (C=O) groups excluding carboxylic acids is 2. The van der Waals surface area contributed by atoms with Gasteiger partial charge < -0.3 is 15.6 Å². The SMILES string of the molecule is Cc1nc(C(=O)N[C@@H](C)C(=O)NCc2ccncc2)cc2c1[nH]c1ccccc12. The third kappa shape index (κ3) is 3.80. The second-order valence-electron chi connectivity index (χ2n) is 6.95. The number of aromatic nitrogens is 3. The minimum absolute atomic E-state index is 0.264. The fourth-order valence-electron chi connectivity index (χ4n) is 3.30. The van der Waals surface area contributed by atoms with Crippen LogP contribution in [0.15, 0.2) is 54.9 Å². The summed E-state index contributed by atoms with van der Waals surface area (Å²) < 4.78 is 0. The molecule has 0 aliphatic carbocycles. The molecule has 7 nitrogen and oxygen atoms in total. The van der Waals surface area contributed by atoms with E-state index in [4.69, 9.17) is 0 Å². The predicted molar refractivity (Wildman–Crippen MR) is 111 cm³/mol. The van der Waals surface area contributed by atoms with Crippen LogP contribution in [-0.4, -0.2) is 32.8 Å². The zero-order chi connectivity index (χ0) is 20.4. The summed E-state index contributed by atoms with van der Waals surface area (Å²) in [5.74, 6) is -0.646. The van der Waals surface area contributed by atoms with Crippen LogP contribution in [-0.2, 0) is 11.3 Å². The van der Waals surface area contributed by atoms with Gasteiger partial charge in [0.25, 0.3) is 5.91 Å². The van der Waals surface area contributed by atoms with Crippen molar-refractivity contribution >= 4 is 33.6 Å². The van der Waals surface area contributed by atoms with Crippen molar-refractivity contribution in [1.82, 2.24) is 25.6 Å². The van der Waals surface area contributed by atoms with Gasteiger partial charge in [0, 0.05) is 35.2 Å². The molecule has 1 aromatic carbocycles. The lowest BCUT2D eigenvalue weighted by molar-refractivity contribution is -0.122. The molecule has 0 aliphatic rings. The molecular formula is C22H21N5O2. The first-order valence-corrected chi connectivity index (χ1v) is 9.38. The smallest absolute Gasteiger partial charge is 0.270 e. The number of para-hydroxylation sites is 1. The highest BCUT2D eigenvalue weighted by molar-refractivity contribution is 6.10. The van der Waals surface area contributed by atoms with Crippen LogP contribution in [0.3, 0.4) is 0 Å². The number of aryl methyl sites for hydroxylation is 1. The molecule has 0 bridgehead atoms. The molecule has 3 N–H and O–H groups in total. The summed E-state index contributed by atoms with van der Waals surface area (Å²) in [4.78, 5) is 36.8. The first-order valence-electron chi connectivity index (χ1n) is 9.38. The summed E-state index contributed by atoms with van der Waals surface area (Å²) in [6, 6.07) is 12.6. The number of H-pyrrole nitrogens is 1. The number of carbonyl (C=O) groups is 2. The number of benzene rings is 1. The fraction of sp³-hybridized carbons (Fsp3) is 0.182. The Morgan fingerprint density at radius 2 is 1.86 bits per heavy atom. The van der Waals surface area contributed by atoms with Crippen molar-refractivity contribution in [2.24, 2.45) is 0 Å². The van der Waals surface area contributed by atoms with E-state index in [0.29, 0.717) is 6.54 Å². The van der Waals surface area contributed by atoms with Crippen molar-refractivity contribution in [3.05, 3.63) is 71.8 Å². The van der Waals surface area contributed by atoms with Crippen LogP contribution in [0, 0.1) is 6.92 Å². The highest BCUT2D eigenvalue weighted by Crippen LogP contribution is 2.27. The second-order valence-corrected chi connectivity index (χ2v) is 6.95. The minimum atomic E-state index is -0.690. The lowest BCUT2D eigenvalue weighted by Crippen LogP contribution is -2.44. The fourth-order valence-corrected chi connectivity index (χ4v) is 3.30. The van der Waals surface area contributed by atoms with Gasteiger partial charge in [-0.15, -0.1) is 0 Å². The number of aromatic amines is 1. The maximum absolute atomic E-state index is 12.7. The van der Waals surface area contributed by atoms with Crippen LogP contribution in [0.1, 0.15) is 28.7 Å². The number of nitrogens with zero attached hydrogens (tertiary/aromatic N) is 2. The van der Waals surface area contributed by atoms with Gasteiger partial charge in [0.05, 0.1) is 11.2 Å². The van der Waals surface area contributed by atoms with Crippen molar-refractivity contribution in [1.29, 1.82) is 0 Å². The zero-order valence-corrected chi connectivity index (χ0v) is 16.2. The Labute approximate surface area is 167 Å². The van der Waals surface area contributed by atoms with Gasteiger partial charge in [-0.25, -0.2) is 4.98 Å². The topological polar surface area (TPSA) is 99.8 Å². The molecule has 0 spiro atoms. The Balaban J connectivity index is 1.49. The number of amides is 2. The maximum atomic E-state index is 12.7. The van der Waals surface area contributed by atoms with Crippen molar-refractivity contribution < 1.29 is 9.59 Å². The summed E-state index contributed by atoms with van der Waals surface area (Å²) in [5.41, 5.74) is 3.86. The standard InChI is InChI=1S/C22H21N5O2/c1-13-20-17(16-5-3-4-6-18(16)27-20)11-19(25-13)22(29)26-14(2)21(28)24-12-15-7-9-23-10-8-15/h3-11,14,27H,12H2,1-2H3,(H,24,28)(H,26,29)/t14-/m0/s1. The molecule has 4 rings (SSSR count). The molecule has 29 heavy (non-hydrogen) atoms. The first kappa shape index (κ1) is 18.6. The molecule has 0 saturated carbocycles. The van der Waals surface area contributed by atoms with E-state index in [2.05, 4.69) is 25.6 Å². The van der Waals surface area contributed by atoms with Gasteiger partial charge in [0.2, 0.25) is 5.91 Å². The van der Waals surface area contributed by atoms with Gasteiger partial charge in [-0.1, -0.05) is 18.2 Å². The molecule has 3 aromatic heterocycles. The van der Waals surface area contributed by atoms with E-state index in [9.17, 15) is 9.59 Å². The number of rotatable bonds is 5. The summed E-state index contributed by atoms with van der Waals surface area (Å²) in [5, 5.41) is 7.51. The van der Waals surface area contributed by atoms with Crippen molar-refractivity contribution in [2.45, 2.75) is 26.4 Å². The maximum Gasteiger partial charge on any atom is 0.270 e. The Morgan fingerprint density at radius 3 is 2.66 bits per heavy atom. The van der Waals surface area contributed by atoms with Gasteiger partial charge >= 0.3 is 0 Å². The van der Waals surface area contributed by atoms with E-state index < -0.39 is 6.04 Å². The summed E-state index contributed by atoms with van der Waals surface area (Å²) in [6.07, 6.45) is 3.34. The molecule has 3 heterocycles. The Hall–Kier alpha value is -3.74. The molecule has 0 unspecified atom stereocenters. The van der Waals surface area contributed by atoms with Gasteiger partial charge in [-0.3, -0.25) is 14.6 Å². The molecule has 0 radical (unpaired) electrons. The van der Waals surface area contributed by atoms with Gasteiger partial charge in [0.15, 0.2) is 0 Å². The van der Waals surface area contributed by atoms with Crippen LogP contribution >= 0.6 is 0 Å².